The van der Waals surface area contributed by atoms with E-state index in [1.54, 1.807) is 7.11 Å². The topological polar surface area (TPSA) is 50.4 Å². The van der Waals surface area contributed by atoms with Crippen LogP contribution in [0.25, 0.3) is 0 Å². The molecule has 2 unspecified atom stereocenters. The third kappa shape index (κ3) is 3.96. The zero-order chi connectivity index (χ0) is 13.7. The van der Waals surface area contributed by atoms with Gasteiger partial charge in [0.25, 0.3) is 0 Å². The fourth-order valence-corrected chi connectivity index (χ4v) is 2.35. The number of ether oxygens (including phenoxy) is 1. The van der Waals surface area contributed by atoms with E-state index in [1.165, 1.54) is 19.3 Å². The zero-order valence-electron chi connectivity index (χ0n) is 11.6. The fraction of sp³-hybridized carbons (Fsp3) is 0.533. The molecule has 1 fully saturated rings. The summed E-state index contributed by atoms with van der Waals surface area (Å²) in [7, 11) is 1.60. The van der Waals surface area contributed by atoms with E-state index < -0.39 is 0 Å². The van der Waals surface area contributed by atoms with Gasteiger partial charge in [0.15, 0.2) is 0 Å². The van der Waals surface area contributed by atoms with Crippen molar-refractivity contribution in [3.05, 3.63) is 24.3 Å². The molecule has 1 aromatic carbocycles. The van der Waals surface area contributed by atoms with E-state index >= 15 is 0 Å². The van der Waals surface area contributed by atoms with Crippen LogP contribution in [0.1, 0.15) is 26.2 Å². The maximum atomic E-state index is 11.8. The highest BCUT2D eigenvalue weighted by atomic mass is 16.5. The van der Waals surface area contributed by atoms with Crippen molar-refractivity contribution >= 4 is 11.6 Å². The Balaban J connectivity index is 1.75. The molecule has 4 nitrogen and oxygen atoms in total. The molecule has 0 aliphatic heterocycles. The van der Waals surface area contributed by atoms with Crippen molar-refractivity contribution < 1.29 is 9.53 Å². The van der Waals surface area contributed by atoms with Crippen molar-refractivity contribution in [2.24, 2.45) is 5.92 Å². The molecule has 2 N–H and O–H groups in total. The number of benzene rings is 1. The van der Waals surface area contributed by atoms with Crippen LogP contribution in [0.3, 0.4) is 0 Å². The SMILES string of the molecule is CCCC1CC1NCC(=O)Nc1ccccc1OC. The molecule has 0 spiro atoms. The lowest BCUT2D eigenvalue weighted by Gasteiger charge is -2.10. The lowest BCUT2D eigenvalue weighted by Crippen LogP contribution is -2.30. The van der Waals surface area contributed by atoms with Crippen LogP contribution >= 0.6 is 0 Å². The molecule has 0 heterocycles. The summed E-state index contributed by atoms with van der Waals surface area (Å²) in [6.07, 6.45) is 3.68. The second-order valence-electron chi connectivity index (χ2n) is 5.02. The van der Waals surface area contributed by atoms with Gasteiger partial charge in [0.05, 0.1) is 19.3 Å². The van der Waals surface area contributed by atoms with Gasteiger partial charge in [0.2, 0.25) is 5.91 Å². The van der Waals surface area contributed by atoms with Crippen LogP contribution < -0.4 is 15.4 Å². The van der Waals surface area contributed by atoms with Crippen molar-refractivity contribution in [3.63, 3.8) is 0 Å². The minimum absolute atomic E-state index is 0.0216. The number of amides is 1. The second kappa shape index (κ2) is 6.57. The highest BCUT2D eigenvalue weighted by Crippen LogP contribution is 2.34. The molecule has 4 heteroatoms. The molecule has 1 aliphatic carbocycles. The standard InChI is InChI=1S/C15H22N2O2/c1-3-6-11-9-13(11)16-10-15(18)17-12-7-4-5-8-14(12)19-2/h4-5,7-8,11,13,16H,3,6,9-10H2,1-2H3,(H,17,18). The number of para-hydroxylation sites is 2. The number of carbonyl (C=O) groups is 1. The van der Waals surface area contributed by atoms with E-state index in [0.29, 0.717) is 18.3 Å². The Bertz CT molecular complexity index is 434. The molecule has 0 bridgehead atoms. The summed E-state index contributed by atoms with van der Waals surface area (Å²) in [6.45, 7) is 2.56. The Kier molecular flexibility index (Phi) is 4.80. The summed E-state index contributed by atoms with van der Waals surface area (Å²) >= 11 is 0. The van der Waals surface area contributed by atoms with E-state index in [-0.39, 0.29) is 5.91 Å². The van der Waals surface area contributed by atoms with Crippen molar-refractivity contribution in [1.29, 1.82) is 0 Å². The van der Waals surface area contributed by atoms with Crippen LogP contribution in [0.5, 0.6) is 5.75 Å². The molecule has 0 radical (unpaired) electrons. The molecule has 1 aromatic rings. The van der Waals surface area contributed by atoms with Crippen LogP contribution in [0.2, 0.25) is 0 Å². The molecular weight excluding hydrogens is 240 g/mol. The Hall–Kier alpha value is -1.55. The predicted molar refractivity (Wildman–Crippen MR) is 76.4 cm³/mol. The van der Waals surface area contributed by atoms with Gasteiger partial charge in [-0.25, -0.2) is 0 Å². The highest BCUT2D eigenvalue weighted by Gasteiger charge is 2.35. The molecule has 1 amide bonds. The van der Waals surface area contributed by atoms with Gasteiger partial charge in [-0.2, -0.15) is 0 Å². The van der Waals surface area contributed by atoms with Crippen LogP contribution in [-0.2, 0) is 4.79 Å². The molecule has 1 saturated carbocycles. The third-order valence-corrected chi connectivity index (χ3v) is 3.49. The van der Waals surface area contributed by atoms with E-state index in [0.717, 1.165) is 11.6 Å². The van der Waals surface area contributed by atoms with Gasteiger partial charge in [-0.1, -0.05) is 25.5 Å². The normalized spacial score (nSPS) is 20.9. The van der Waals surface area contributed by atoms with Gasteiger partial charge in [0, 0.05) is 6.04 Å². The lowest BCUT2D eigenvalue weighted by molar-refractivity contribution is -0.115. The summed E-state index contributed by atoms with van der Waals surface area (Å²) in [5.74, 6) is 1.43. The van der Waals surface area contributed by atoms with Crippen LogP contribution in [0.15, 0.2) is 24.3 Å². The molecule has 104 valence electrons. The van der Waals surface area contributed by atoms with E-state index in [1.807, 2.05) is 24.3 Å². The van der Waals surface area contributed by atoms with Gasteiger partial charge >= 0.3 is 0 Å². The first-order chi connectivity index (χ1) is 9.24. The van der Waals surface area contributed by atoms with Crippen molar-refractivity contribution in [1.82, 2.24) is 5.32 Å². The van der Waals surface area contributed by atoms with Crippen LogP contribution in [0, 0.1) is 5.92 Å². The number of carbonyl (C=O) groups excluding carboxylic acids is 1. The zero-order valence-corrected chi connectivity index (χ0v) is 11.6. The molecular formula is C15H22N2O2. The van der Waals surface area contributed by atoms with Crippen molar-refractivity contribution in [2.75, 3.05) is 19.0 Å². The van der Waals surface area contributed by atoms with Gasteiger partial charge < -0.3 is 15.4 Å². The van der Waals surface area contributed by atoms with E-state index in [4.69, 9.17) is 4.74 Å². The first kappa shape index (κ1) is 13.9. The summed E-state index contributed by atoms with van der Waals surface area (Å²) in [5.41, 5.74) is 0.720. The number of hydrogen-bond donors (Lipinski definition) is 2. The van der Waals surface area contributed by atoms with Gasteiger partial charge in [0.1, 0.15) is 5.75 Å². The fourth-order valence-electron chi connectivity index (χ4n) is 2.35. The maximum Gasteiger partial charge on any atom is 0.238 e. The lowest BCUT2D eigenvalue weighted by atomic mass is 10.2. The van der Waals surface area contributed by atoms with Crippen molar-refractivity contribution in [2.45, 2.75) is 32.2 Å². The first-order valence-corrected chi connectivity index (χ1v) is 6.90. The molecule has 19 heavy (non-hydrogen) atoms. The smallest absolute Gasteiger partial charge is 0.238 e. The average Bonchev–Trinajstić information content (AvgIpc) is 3.16. The van der Waals surface area contributed by atoms with Crippen LogP contribution in [-0.4, -0.2) is 25.6 Å². The molecule has 2 rings (SSSR count). The van der Waals surface area contributed by atoms with Gasteiger partial charge in [-0.15, -0.1) is 0 Å². The maximum absolute atomic E-state index is 11.8. The summed E-state index contributed by atoms with van der Waals surface area (Å²) in [5, 5.41) is 6.16. The summed E-state index contributed by atoms with van der Waals surface area (Å²) in [4.78, 5) is 11.8. The monoisotopic (exact) mass is 262 g/mol. The number of hydrogen-bond acceptors (Lipinski definition) is 3. The first-order valence-electron chi connectivity index (χ1n) is 6.90. The average molecular weight is 262 g/mol. The Morgan fingerprint density at radius 3 is 2.95 bits per heavy atom. The Labute approximate surface area is 114 Å². The second-order valence-corrected chi connectivity index (χ2v) is 5.02. The number of methoxy groups -OCH3 is 1. The molecule has 0 aromatic heterocycles. The minimum atomic E-state index is -0.0216. The number of anilines is 1. The number of rotatable bonds is 7. The van der Waals surface area contributed by atoms with Gasteiger partial charge in [-0.3, -0.25) is 4.79 Å². The summed E-state index contributed by atoms with van der Waals surface area (Å²) < 4.78 is 5.20. The summed E-state index contributed by atoms with van der Waals surface area (Å²) in [6, 6.07) is 7.97. The Morgan fingerprint density at radius 2 is 2.21 bits per heavy atom. The highest BCUT2D eigenvalue weighted by molar-refractivity contribution is 5.93. The number of nitrogens with one attached hydrogen (secondary N) is 2. The van der Waals surface area contributed by atoms with Gasteiger partial charge in [-0.05, 0) is 30.9 Å². The van der Waals surface area contributed by atoms with Crippen LogP contribution in [0.4, 0.5) is 5.69 Å². The predicted octanol–water partition coefficient (Wildman–Crippen LogP) is 2.41. The van der Waals surface area contributed by atoms with E-state index in [9.17, 15) is 4.79 Å². The largest absolute Gasteiger partial charge is 0.495 e. The molecule has 1 aliphatic rings. The van der Waals surface area contributed by atoms with E-state index in [2.05, 4.69) is 17.6 Å². The Morgan fingerprint density at radius 1 is 1.42 bits per heavy atom. The quantitative estimate of drug-likeness (QED) is 0.793. The molecule has 0 saturated heterocycles. The van der Waals surface area contributed by atoms with Crippen molar-refractivity contribution in [3.8, 4) is 5.75 Å². The minimum Gasteiger partial charge on any atom is -0.495 e. The molecule has 2 atom stereocenters. The third-order valence-electron chi connectivity index (χ3n) is 3.49.